The van der Waals surface area contributed by atoms with Crippen LogP contribution in [0.3, 0.4) is 0 Å². The lowest BCUT2D eigenvalue weighted by Crippen LogP contribution is -2.24. The predicted octanol–water partition coefficient (Wildman–Crippen LogP) is 4.41. The summed E-state index contributed by atoms with van der Waals surface area (Å²) in [7, 11) is 1.46. The first-order valence-corrected chi connectivity index (χ1v) is 10.00. The number of hydrogen-bond donors (Lipinski definition) is 1. The number of rotatable bonds is 8. The van der Waals surface area contributed by atoms with Crippen LogP contribution < -0.4 is 19.6 Å². The Bertz CT molecular complexity index is 1130. The Kier molecular flexibility index (Phi) is 7.83. The number of nitrogens with one attached hydrogen (secondary N) is 1. The van der Waals surface area contributed by atoms with Gasteiger partial charge in [0.15, 0.2) is 18.1 Å². The standard InChI is InChI=1S/C24H21ClN2O5/c1-16-5-3-4-6-20(16)31-15-23(28)27-26-14-17-7-12-21(22(13-17)30-2)32-24(29)18-8-10-19(25)11-9-18/h3-14H,15H2,1-2H3,(H,27,28)/b26-14-. The number of hydrogen-bond acceptors (Lipinski definition) is 6. The molecule has 0 atom stereocenters. The van der Waals surface area contributed by atoms with E-state index in [1.54, 1.807) is 48.5 Å². The molecular formula is C24H21ClN2O5. The van der Waals surface area contributed by atoms with Crippen LogP contribution in [0.5, 0.6) is 17.2 Å². The van der Waals surface area contributed by atoms with E-state index < -0.39 is 11.9 Å². The van der Waals surface area contributed by atoms with Crippen LogP contribution in [-0.4, -0.2) is 31.8 Å². The number of para-hydroxylation sites is 1. The second-order valence-corrected chi connectivity index (χ2v) is 7.09. The van der Waals surface area contributed by atoms with Crippen LogP contribution in [0.1, 0.15) is 21.5 Å². The molecule has 0 radical (unpaired) electrons. The molecule has 0 fully saturated rings. The van der Waals surface area contributed by atoms with E-state index in [1.165, 1.54) is 13.3 Å². The van der Waals surface area contributed by atoms with Crippen molar-refractivity contribution in [2.45, 2.75) is 6.92 Å². The summed E-state index contributed by atoms with van der Waals surface area (Å²) in [4.78, 5) is 24.2. The number of esters is 1. The third kappa shape index (κ3) is 6.33. The highest BCUT2D eigenvalue weighted by Crippen LogP contribution is 2.28. The molecule has 0 aliphatic heterocycles. The molecule has 164 valence electrons. The number of nitrogens with zero attached hydrogens (tertiary/aromatic N) is 1. The number of halogens is 1. The minimum absolute atomic E-state index is 0.162. The molecule has 0 heterocycles. The normalized spacial score (nSPS) is 10.6. The summed E-state index contributed by atoms with van der Waals surface area (Å²) in [6.07, 6.45) is 1.44. The molecule has 0 unspecified atom stereocenters. The SMILES string of the molecule is COc1cc(/C=N\NC(=O)COc2ccccc2C)ccc1OC(=O)c1ccc(Cl)cc1. The maximum absolute atomic E-state index is 12.3. The fraction of sp³-hybridized carbons (Fsp3) is 0.125. The van der Waals surface area contributed by atoms with Gasteiger partial charge in [-0.1, -0.05) is 29.8 Å². The molecule has 3 aromatic rings. The molecule has 1 N–H and O–H groups in total. The second-order valence-electron chi connectivity index (χ2n) is 6.65. The molecule has 3 rings (SSSR count). The lowest BCUT2D eigenvalue weighted by atomic mass is 10.2. The highest BCUT2D eigenvalue weighted by molar-refractivity contribution is 6.30. The van der Waals surface area contributed by atoms with Gasteiger partial charge in [-0.25, -0.2) is 10.2 Å². The molecule has 0 aliphatic rings. The molecule has 1 amide bonds. The van der Waals surface area contributed by atoms with Crippen molar-refractivity contribution < 1.29 is 23.8 Å². The Labute approximate surface area is 190 Å². The smallest absolute Gasteiger partial charge is 0.343 e. The quantitative estimate of drug-likeness (QED) is 0.237. The molecule has 0 saturated heterocycles. The first kappa shape index (κ1) is 22.8. The first-order chi connectivity index (χ1) is 15.5. The van der Waals surface area contributed by atoms with Crippen molar-refractivity contribution in [1.29, 1.82) is 0 Å². The van der Waals surface area contributed by atoms with E-state index in [9.17, 15) is 9.59 Å². The van der Waals surface area contributed by atoms with Crippen molar-refractivity contribution in [3.63, 3.8) is 0 Å². The molecule has 0 aromatic heterocycles. The number of ether oxygens (including phenoxy) is 3. The van der Waals surface area contributed by atoms with Gasteiger partial charge in [0.1, 0.15) is 5.75 Å². The molecule has 8 heteroatoms. The van der Waals surface area contributed by atoms with Gasteiger partial charge >= 0.3 is 5.97 Å². The van der Waals surface area contributed by atoms with Gasteiger partial charge in [0.05, 0.1) is 18.9 Å². The Hall–Kier alpha value is -3.84. The summed E-state index contributed by atoms with van der Waals surface area (Å²) in [6.45, 7) is 1.74. The van der Waals surface area contributed by atoms with Crippen molar-refractivity contribution in [3.05, 3.63) is 88.4 Å². The van der Waals surface area contributed by atoms with Gasteiger partial charge in [0, 0.05) is 5.02 Å². The van der Waals surface area contributed by atoms with Gasteiger partial charge < -0.3 is 14.2 Å². The van der Waals surface area contributed by atoms with Crippen molar-refractivity contribution in [2.75, 3.05) is 13.7 Å². The Morgan fingerprint density at radius 1 is 1.00 bits per heavy atom. The molecule has 32 heavy (non-hydrogen) atoms. The number of benzene rings is 3. The van der Waals surface area contributed by atoms with Crippen LogP contribution in [0.15, 0.2) is 71.8 Å². The van der Waals surface area contributed by atoms with Gasteiger partial charge in [-0.05, 0) is 66.6 Å². The van der Waals surface area contributed by atoms with Crippen LogP contribution >= 0.6 is 11.6 Å². The zero-order chi connectivity index (χ0) is 22.9. The van der Waals surface area contributed by atoms with Gasteiger partial charge in [-0.15, -0.1) is 0 Å². The molecule has 0 saturated carbocycles. The van der Waals surface area contributed by atoms with Crippen molar-refractivity contribution in [2.24, 2.45) is 5.10 Å². The zero-order valence-corrected chi connectivity index (χ0v) is 18.3. The van der Waals surface area contributed by atoms with Crippen LogP contribution in [0.25, 0.3) is 0 Å². The number of hydrazone groups is 1. The highest BCUT2D eigenvalue weighted by atomic mass is 35.5. The monoisotopic (exact) mass is 452 g/mol. The molecule has 0 spiro atoms. The summed E-state index contributed by atoms with van der Waals surface area (Å²) in [5.41, 5.74) is 4.33. The lowest BCUT2D eigenvalue weighted by Gasteiger charge is -2.10. The van der Waals surface area contributed by atoms with Crippen LogP contribution in [-0.2, 0) is 4.79 Å². The maximum Gasteiger partial charge on any atom is 0.343 e. The summed E-state index contributed by atoms with van der Waals surface area (Å²) in [6, 6.07) is 18.7. The van der Waals surface area contributed by atoms with E-state index in [0.29, 0.717) is 27.6 Å². The maximum atomic E-state index is 12.3. The fourth-order valence-electron chi connectivity index (χ4n) is 2.67. The zero-order valence-electron chi connectivity index (χ0n) is 17.5. The van der Waals surface area contributed by atoms with Crippen molar-refractivity contribution in [1.82, 2.24) is 5.43 Å². The third-order valence-corrected chi connectivity index (χ3v) is 4.58. The Balaban J connectivity index is 1.57. The van der Waals surface area contributed by atoms with Gasteiger partial charge in [0.25, 0.3) is 5.91 Å². The van der Waals surface area contributed by atoms with E-state index in [-0.39, 0.29) is 12.4 Å². The van der Waals surface area contributed by atoms with Gasteiger partial charge in [-0.2, -0.15) is 5.10 Å². The van der Waals surface area contributed by atoms with E-state index >= 15 is 0 Å². The second kappa shape index (κ2) is 11.0. The fourth-order valence-corrected chi connectivity index (χ4v) is 2.79. The topological polar surface area (TPSA) is 86.2 Å². The molecule has 7 nitrogen and oxygen atoms in total. The predicted molar refractivity (Wildman–Crippen MR) is 122 cm³/mol. The minimum Gasteiger partial charge on any atom is -0.493 e. The first-order valence-electron chi connectivity index (χ1n) is 9.62. The summed E-state index contributed by atoms with van der Waals surface area (Å²) >= 11 is 5.84. The average Bonchev–Trinajstić information content (AvgIpc) is 2.79. The van der Waals surface area contributed by atoms with E-state index in [4.69, 9.17) is 25.8 Å². The average molecular weight is 453 g/mol. The molecule has 3 aromatic carbocycles. The van der Waals surface area contributed by atoms with Crippen molar-refractivity contribution in [3.8, 4) is 17.2 Å². The van der Waals surface area contributed by atoms with Crippen LogP contribution in [0, 0.1) is 6.92 Å². The summed E-state index contributed by atoms with van der Waals surface area (Å²) < 4.78 is 16.2. The van der Waals surface area contributed by atoms with Gasteiger partial charge in [0.2, 0.25) is 0 Å². The van der Waals surface area contributed by atoms with Crippen LogP contribution in [0.2, 0.25) is 5.02 Å². The number of carbonyl (C=O) groups is 2. The Morgan fingerprint density at radius 2 is 1.75 bits per heavy atom. The minimum atomic E-state index is -0.540. The summed E-state index contributed by atoms with van der Waals surface area (Å²) in [5.74, 6) is 0.290. The molecule has 0 aliphatic carbocycles. The van der Waals surface area contributed by atoms with Crippen LogP contribution in [0.4, 0.5) is 0 Å². The summed E-state index contributed by atoms with van der Waals surface area (Å²) in [5, 5.41) is 4.44. The van der Waals surface area contributed by atoms with E-state index in [1.807, 2.05) is 25.1 Å². The highest BCUT2D eigenvalue weighted by Gasteiger charge is 2.13. The van der Waals surface area contributed by atoms with Gasteiger partial charge in [-0.3, -0.25) is 4.79 Å². The molecule has 0 bridgehead atoms. The van der Waals surface area contributed by atoms with Crippen molar-refractivity contribution >= 4 is 29.7 Å². The Morgan fingerprint density at radius 3 is 2.47 bits per heavy atom. The van der Waals surface area contributed by atoms with E-state index in [2.05, 4.69) is 10.5 Å². The largest absolute Gasteiger partial charge is 0.493 e. The van der Waals surface area contributed by atoms with E-state index in [0.717, 1.165) is 5.56 Å². The third-order valence-electron chi connectivity index (χ3n) is 4.33. The lowest BCUT2D eigenvalue weighted by molar-refractivity contribution is -0.123. The number of amides is 1. The number of carbonyl (C=O) groups excluding carboxylic acids is 2. The number of aryl methyl sites for hydroxylation is 1. The number of methoxy groups -OCH3 is 1. The molecular weight excluding hydrogens is 432 g/mol.